The van der Waals surface area contributed by atoms with E-state index < -0.39 is 7.12 Å². The Kier molecular flexibility index (Phi) is 11.0. The highest BCUT2D eigenvalue weighted by Gasteiger charge is 2.10. The summed E-state index contributed by atoms with van der Waals surface area (Å²) < 4.78 is 11.1. The van der Waals surface area contributed by atoms with Crippen LogP contribution in [0.5, 0.6) is 11.5 Å². The van der Waals surface area contributed by atoms with Gasteiger partial charge < -0.3 is 31.0 Å². The quantitative estimate of drug-likeness (QED) is 0.234. The topological polar surface area (TPSA) is 111 Å². The van der Waals surface area contributed by atoms with E-state index in [1.54, 1.807) is 31.4 Å². The Morgan fingerprint density at radius 1 is 0.647 bits per heavy atom. The molecular formula is C26H28BBrN2O4. The summed E-state index contributed by atoms with van der Waals surface area (Å²) in [5.74, 6) is 1.49. The Morgan fingerprint density at radius 3 is 1.65 bits per heavy atom. The van der Waals surface area contributed by atoms with Crippen LogP contribution in [0.3, 0.4) is 0 Å². The number of nitrogens with two attached hydrogens (primary N) is 2. The van der Waals surface area contributed by atoms with Crippen molar-refractivity contribution in [2.75, 3.05) is 25.7 Å². The molecule has 0 heterocycles. The summed E-state index contributed by atoms with van der Waals surface area (Å²) in [4.78, 5) is 0. The molecule has 0 unspecified atom stereocenters. The van der Waals surface area contributed by atoms with Gasteiger partial charge in [0.25, 0.3) is 0 Å². The largest absolute Gasteiger partial charge is 0.497 e. The first-order chi connectivity index (χ1) is 16.3. The second-order valence-electron chi connectivity index (χ2n) is 7.06. The van der Waals surface area contributed by atoms with Crippen molar-refractivity contribution in [2.45, 2.75) is 0 Å². The van der Waals surface area contributed by atoms with Gasteiger partial charge in [-0.3, -0.25) is 0 Å². The Labute approximate surface area is 209 Å². The first-order valence-corrected chi connectivity index (χ1v) is 11.1. The first kappa shape index (κ1) is 26.8. The van der Waals surface area contributed by atoms with Crippen molar-refractivity contribution in [3.63, 3.8) is 0 Å². The van der Waals surface area contributed by atoms with Gasteiger partial charge in [-0.1, -0.05) is 52.3 Å². The number of anilines is 2. The lowest BCUT2D eigenvalue weighted by Crippen LogP contribution is -2.29. The van der Waals surface area contributed by atoms with E-state index in [0.29, 0.717) is 11.2 Å². The molecule has 34 heavy (non-hydrogen) atoms. The van der Waals surface area contributed by atoms with Crippen LogP contribution in [-0.2, 0) is 0 Å². The predicted molar refractivity (Wildman–Crippen MR) is 144 cm³/mol. The van der Waals surface area contributed by atoms with E-state index >= 15 is 0 Å². The summed E-state index contributed by atoms with van der Waals surface area (Å²) in [5.41, 5.74) is 15.3. The van der Waals surface area contributed by atoms with Gasteiger partial charge in [0.2, 0.25) is 0 Å². The van der Waals surface area contributed by atoms with Crippen molar-refractivity contribution < 1.29 is 19.5 Å². The van der Waals surface area contributed by atoms with Crippen molar-refractivity contribution in [3.8, 4) is 22.6 Å². The van der Waals surface area contributed by atoms with E-state index in [2.05, 4.69) is 15.9 Å². The fraction of sp³-hybridized carbons (Fsp3) is 0.0769. The molecule has 0 radical (unpaired) electrons. The lowest BCUT2D eigenvalue weighted by molar-refractivity contribution is 0.412. The van der Waals surface area contributed by atoms with Crippen molar-refractivity contribution in [1.82, 2.24) is 0 Å². The highest BCUT2D eigenvalue weighted by atomic mass is 79.9. The van der Waals surface area contributed by atoms with Crippen LogP contribution in [0.2, 0.25) is 0 Å². The van der Waals surface area contributed by atoms with Gasteiger partial charge in [0.05, 0.1) is 14.2 Å². The lowest BCUT2D eigenvalue weighted by Gasteiger charge is -2.04. The van der Waals surface area contributed by atoms with Crippen LogP contribution in [0, 0.1) is 0 Å². The predicted octanol–water partition coefficient (Wildman–Crippen LogP) is 4.35. The molecule has 4 aromatic rings. The summed E-state index contributed by atoms with van der Waals surface area (Å²) in [6.07, 6.45) is 0. The summed E-state index contributed by atoms with van der Waals surface area (Å²) in [6, 6.07) is 29.9. The molecule has 0 atom stereocenters. The maximum Gasteiger partial charge on any atom is 0.488 e. The number of ether oxygens (including phenoxy) is 2. The summed E-state index contributed by atoms with van der Waals surface area (Å²) in [7, 11) is 1.77. The Morgan fingerprint density at radius 2 is 1.15 bits per heavy atom. The van der Waals surface area contributed by atoms with Gasteiger partial charge in [0.1, 0.15) is 11.5 Å². The molecule has 176 valence electrons. The number of nitrogen functional groups attached to an aromatic ring is 2. The Bertz CT molecular complexity index is 1120. The zero-order valence-corrected chi connectivity index (χ0v) is 20.6. The molecule has 6 nitrogen and oxygen atoms in total. The minimum atomic E-state index is -1.43. The summed E-state index contributed by atoms with van der Waals surface area (Å²) in [5, 5.41) is 17.5. The van der Waals surface area contributed by atoms with Gasteiger partial charge >= 0.3 is 7.12 Å². The Hall–Kier alpha value is -3.46. The van der Waals surface area contributed by atoms with Crippen LogP contribution in [-0.4, -0.2) is 31.4 Å². The zero-order valence-electron chi connectivity index (χ0n) is 19.1. The maximum absolute atomic E-state index is 8.74. The molecule has 4 aromatic carbocycles. The van der Waals surface area contributed by atoms with Crippen LogP contribution in [0.1, 0.15) is 0 Å². The summed E-state index contributed by atoms with van der Waals surface area (Å²) in [6.45, 7) is 0. The minimum absolute atomic E-state index is 0.435. The SMILES string of the molecule is COc1cccc(-c2ccc(N)cc2)c1.COc1cccc(B(O)O)c1.Nc1ccc(Br)cc1. The number of rotatable bonds is 4. The fourth-order valence-electron chi connectivity index (χ4n) is 2.74. The molecule has 0 saturated carbocycles. The molecule has 0 aromatic heterocycles. The molecular weight excluding hydrogens is 495 g/mol. The number of hydrogen-bond donors (Lipinski definition) is 4. The third-order valence-corrected chi connectivity index (χ3v) is 5.10. The van der Waals surface area contributed by atoms with E-state index in [1.807, 2.05) is 72.8 Å². The molecule has 8 heteroatoms. The van der Waals surface area contributed by atoms with Gasteiger partial charge in [0.15, 0.2) is 0 Å². The molecule has 0 amide bonds. The molecule has 0 fully saturated rings. The zero-order chi connectivity index (χ0) is 24.9. The van der Waals surface area contributed by atoms with E-state index in [1.165, 1.54) is 7.11 Å². The Balaban J connectivity index is 0.000000190. The molecule has 4 rings (SSSR count). The van der Waals surface area contributed by atoms with Crippen molar-refractivity contribution in [2.24, 2.45) is 0 Å². The number of benzene rings is 4. The van der Waals surface area contributed by atoms with Gasteiger partial charge in [-0.25, -0.2) is 0 Å². The third kappa shape index (κ3) is 9.19. The second-order valence-corrected chi connectivity index (χ2v) is 7.97. The lowest BCUT2D eigenvalue weighted by atomic mass is 9.80. The molecule has 0 aliphatic carbocycles. The first-order valence-electron chi connectivity index (χ1n) is 10.3. The number of halogens is 1. The van der Waals surface area contributed by atoms with Crippen LogP contribution in [0.25, 0.3) is 11.1 Å². The molecule has 0 aliphatic heterocycles. The second kappa shape index (κ2) is 13.9. The number of methoxy groups -OCH3 is 2. The number of hydrogen-bond acceptors (Lipinski definition) is 6. The van der Waals surface area contributed by atoms with Crippen molar-refractivity contribution in [1.29, 1.82) is 0 Å². The normalized spacial score (nSPS) is 9.56. The van der Waals surface area contributed by atoms with Crippen LogP contribution < -0.4 is 26.4 Å². The van der Waals surface area contributed by atoms with Crippen LogP contribution in [0.15, 0.2) is 102 Å². The molecule has 0 aliphatic rings. The van der Waals surface area contributed by atoms with Crippen LogP contribution in [0.4, 0.5) is 11.4 Å². The molecule has 0 saturated heterocycles. The minimum Gasteiger partial charge on any atom is -0.497 e. The van der Waals surface area contributed by atoms with Gasteiger partial charge in [-0.2, -0.15) is 0 Å². The highest BCUT2D eigenvalue weighted by molar-refractivity contribution is 9.10. The maximum atomic E-state index is 8.74. The monoisotopic (exact) mass is 522 g/mol. The molecule has 0 spiro atoms. The third-order valence-electron chi connectivity index (χ3n) is 4.58. The van der Waals surface area contributed by atoms with Gasteiger partial charge in [0, 0.05) is 15.8 Å². The van der Waals surface area contributed by atoms with Crippen LogP contribution >= 0.6 is 15.9 Å². The van der Waals surface area contributed by atoms with E-state index in [9.17, 15) is 0 Å². The summed E-state index contributed by atoms with van der Waals surface area (Å²) >= 11 is 3.29. The van der Waals surface area contributed by atoms with E-state index in [0.717, 1.165) is 32.7 Å². The van der Waals surface area contributed by atoms with Gasteiger partial charge in [-0.15, -0.1) is 0 Å². The van der Waals surface area contributed by atoms with Gasteiger partial charge in [-0.05, 0) is 77.3 Å². The van der Waals surface area contributed by atoms with E-state index in [4.69, 9.17) is 31.0 Å². The molecule has 0 bridgehead atoms. The average Bonchev–Trinajstić information content (AvgIpc) is 2.87. The van der Waals surface area contributed by atoms with Crippen molar-refractivity contribution in [3.05, 3.63) is 102 Å². The smallest absolute Gasteiger partial charge is 0.488 e. The van der Waals surface area contributed by atoms with E-state index in [-0.39, 0.29) is 0 Å². The fourth-order valence-corrected chi connectivity index (χ4v) is 3.01. The standard InChI is InChI=1S/C13H13NO.C7H9BO3.C6H6BrN/c1-15-13-4-2-3-11(9-13)10-5-7-12(14)8-6-10;1-11-7-4-2-3-6(5-7)8(9)10;7-5-1-3-6(8)4-2-5/h2-9H,14H2,1H3;2-5,9-10H,1H3;1-4H,8H2. The highest BCUT2D eigenvalue weighted by Crippen LogP contribution is 2.24. The molecule has 6 N–H and O–H groups in total. The average molecular weight is 523 g/mol. The van der Waals surface area contributed by atoms with Crippen molar-refractivity contribution >= 4 is 39.9 Å².